The molecule has 1 N–H and O–H groups in total. The van der Waals surface area contributed by atoms with Crippen LogP contribution in [0.2, 0.25) is 0 Å². The van der Waals surface area contributed by atoms with E-state index >= 15 is 0 Å². The number of nitrogens with zero attached hydrogens (tertiary/aromatic N) is 2. The molecule has 5 heteroatoms. The monoisotopic (exact) mass is 305 g/mol. The predicted molar refractivity (Wildman–Crippen MR) is 88.4 cm³/mol. The van der Waals surface area contributed by atoms with Gasteiger partial charge in [0.1, 0.15) is 11.6 Å². The molecule has 4 nitrogen and oxygen atoms in total. The second-order valence-electron chi connectivity index (χ2n) is 5.87. The summed E-state index contributed by atoms with van der Waals surface area (Å²) in [7, 11) is 0. The molecule has 21 heavy (non-hydrogen) atoms. The molecule has 0 saturated heterocycles. The number of thiophene rings is 1. The SMILES string of the molecule is CCNc1cc(OCCc2cccs2)nc(C(C)(C)C)n1. The molecule has 0 saturated carbocycles. The normalized spacial score (nSPS) is 11.4. The van der Waals surface area contributed by atoms with Crippen molar-refractivity contribution < 1.29 is 4.74 Å². The number of hydrogen-bond donors (Lipinski definition) is 1. The van der Waals surface area contributed by atoms with Crippen LogP contribution in [-0.4, -0.2) is 23.1 Å². The van der Waals surface area contributed by atoms with Crippen LogP contribution in [0, 0.1) is 0 Å². The second-order valence-corrected chi connectivity index (χ2v) is 6.91. The van der Waals surface area contributed by atoms with Crippen LogP contribution in [-0.2, 0) is 11.8 Å². The number of aromatic nitrogens is 2. The molecule has 2 rings (SSSR count). The van der Waals surface area contributed by atoms with Crippen molar-refractivity contribution in [2.24, 2.45) is 0 Å². The van der Waals surface area contributed by atoms with Gasteiger partial charge < -0.3 is 10.1 Å². The van der Waals surface area contributed by atoms with Gasteiger partial charge in [-0.05, 0) is 18.4 Å². The molecule has 0 spiro atoms. The van der Waals surface area contributed by atoms with E-state index in [9.17, 15) is 0 Å². The average Bonchev–Trinajstić information content (AvgIpc) is 2.91. The molecule has 0 aromatic carbocycles. The number of ether oxygens (including phenoxy) is 1. The Morgan fingerprint density at radius 1 is 1.29 bits per heavy atom. The Labute approximate surface area is 130 Å². The number of anilines is 1. The fourth-order valence-electron chi connectivity index (χ4n) is 1.82. The van der Waals surface area contributed by atoms with Crippen LogP contribution in [0.4, 0.5) is 5.82 Å². The zero-order chi connectivity index (χ0) is 15.3. The molecule has 0 atom stereocenters. The lowest BCUT2D eigenvalue weighted by atomic mass is 9.96. The molecule has 0 aliphatic heterocycles. The molecule has 2 aromatic rings. The first-order valence-electron chi connectivity index (χ1n) is 7.27. The van der Waals surface area contributed by atoms with Gasteiger partial charge in [-0.1, -0.05) is 26.8 Å². The average molecular weight is 305 g/mol. The van der Waals surface area contributed by atoms with E-state index in [0.717, 1.165) is 24.6 Å². The van der Waals surface area contributed by atoms with E-state index in [2.05, 4.69) is 60.5 Å². The van der Waals surface area contributed by atoms with Crippen LogP contribution in [0.3, 0.4) is 0 Å². The summed E-state index contributed by atoms with van der Waals surface area (Å²) in [4.78, 5) is 10.4. The van der Waals surface area contributed by atoms with Gasteiger partial charge in [-0.2, -0.15) is 4.98 Å². The van der Waals surface area contributed by atoms with Gasteiger partial charge in [-0.3, -0.25) is 0 Å². The summed E-state index contributed by atoms with van der Waals surface area (Å²) in [6, 6.07) is 6.05. The Kier molecular flexibility index (Phi) is 5.17. The molecule has 0 radical (unpaired) electrons. The van der Waals surface area contributed by atoms with Crippen LogP contribution in [0.1, 0.15) is 38.4 Å². The maximum absolute atomic E-state index is 5.82. The zero-order valence-corrected chi connectivity index (χ0v) is 14.0. The van der Waals surface area contributed by atoms with Crippen molar-refractivity contribution in [1.82, 2.24) is 9.97 Å². The first-order valence-corrected chi connectivity index (χ1v) is 8.15. The predicted octanol–water partition coefficient (Wildman–Crippen LogP) is 3.89. The first-order chi connectivity index (χ1) is 9.99. The van der Waals surface area contributed by atoms with E-state index in [-0.39, 0.29) is 5.41 Å². The molecule has 0 aliphatic carbocycles. The number of hydrogen-bond acceptors (Lipinski definition) is 5. The van der Waals surface area contributed by atoms with Gasteiger partial charge in [0.15, 0.2) is 0 Å². The highest BCUT2D eigenvalue weighted by Crippen LogP contribution is 2.23. The zero-order valence-electron chi connectivity index (χ0n) is 13.1. The molecular formula is C16H23N3OS. The van der Waals surface area contributed by atoms with Gasteiger partial charge in [0.05, 0.1) is 6.61 Å². The standard InChI is InChI=1S/C16H23N3OS/c1-5-17-13-11-14(19-15(18-13)16(2,3)4)20-9-8-12-7-6-10-21-12/h6-7,10-11H,5,8-9H2,1-4H3,(H,17,18,19). The van der Waals surface area contributed by atoms with Crippen LogP contribution in [0.5, 0.6) is 5.88 Å². The third-order valence-electron chi connectivity index (χ3n) is 2.91. The van der Waals surface area contributed by atoms with E-state index in [0.29, 0.717) is 12.5 Å². The van der Waals surface area contributed by atoms with Crippen molar-refractivity contribution in [2.45, 2.75) is 39.5 Å². The van der Waals surface area contributed by atoms with E-state index < -0.39 is 0 Å². The Morgan fingerprint density at radius 3 is 2.71 bits per heavy atom. The molecule has 0 unspecified atom stereocenters. The second kappa shape index (κ2) is 6.89. The lowest BCUT2D eigenvalue weighted by Crippen LogP contribution is -2.18. The van der Waals surface area contributed by atoms with Crippen molar-refractivity contribution in [3.05, 3.63) is 34.3 Å². The summed E-state index contributed by atoms with van der Waals surface area (Å²) in [6.07, 6.45) is 0.906. The minimum Gasteiger partial charge on any atom is -0.477 e. The number of rotatable bonds is 6. The highest BCUT2D eigenvalue weighted by Gasteiger charge is 2.19. The maximum Gasteiger partial charge on any atom is 0.218 e. The molecule has 2 heterocycles. The van der Waals surface area contributed by atoms with Crippen LogP contribution >= 0.6 is 11.3 Å². The summed E-state index contributed by atoms with van der Waals surface area (Å²) in [5.74, 6) is 2.26. The minimum absolute atomic E-state index is 0.0999. The van der Waals surface area contributed by atoms with Crippen LogP contribution in [0.15, 0.2) is 23.6 Å². The van der Waals surface area contributed by atoms with Crippen molar-refractivity contribution >= 4 is 17.2 Å². The van der Waals surface area contributed by atoms with E-state index in [1.165, 1.54) is 4.88 Å². The third-order valence-corrected chi connectivity index (χ3v) is 3.85. The first kappa shape index (κ1) is 15.8. The smallest absolute Gasteiger partial charge is 0.218 e. The van der Waals surface area contributed by atoms with E-state index in [4.69, 9.17) is 4.74 Å². The van der Waals surface area contributed by atoms with Crippen molar-refractivity contribution in [3.8, 4) is 5.88 Å². The minimum atomic E-state index is -0.0999. The van der Waals surface area contributed by atoms with Crippen LogP contribution in [0.25, 0.3) is 0 Å². The molecule has 0 bridgehead atoms. The van der Waals surface area contributed by atoms with Gasteiger partial charge in [0.2, 0.25) is 5.88 Å². The lowest BCUT2D eigenvalue weighted by Gasteiger charge is -2.18. The van der Waals surface area contributed by atoms with Gasteiger partial charge in [-0.25, -0.2) is 4.98 Å². The van der Waals surface area contributed by atoms with Gasteiger partial charge in [0, 0.05) is 29.3 Å². The van der Waals surface area contributed by atoms with E-state index in [1.807, 2.05) is 6.07 Å². The van der Waals surface area contributed by atoms with Crippen molar-refractivity contribution in [2.75, 3.05) is 18.5 Å². The Morgan fingerprint density at radius 2 is 2.10 bits per heavy atom. The summed E-state index contributed by atoms with van der Waals surface area (Å²) < 4.78 is 5.82. The van der Waals surface area contributed by atoms with E-state index in [1.54, 1.807) is 11.3 Å². The topological polar surface area (TPSA) is 47.0 Å². The van der Waals surface area contributed by atoms with Crippen LogP contribution < -0.4 is 10.1 Å². The molecular weight excluding hydrogens is 282 g/mol. The Hall–Kier alpha value is -1.62. The Bertz CT molecular complexity index is 561. The lowest BCUT2D eigenvalue weighted by molar-refractivity contribution is 0.306. The largest absolute Gasteiger partial charge is 0.477 e. The molecule has 0 amide bonds. The molecule has 0 fully saturated rings. The Balaban J connectivity index is 2.08. The van der Waals surface area contributed by atoms with Crippen molar-refractivity contribution in [3.63, 3.8) is 0 Å². The molecule has 114 valence electrons. The molecule has 0 aliphatic rings. The summed E-state index contributed by atoms with van der Waals surface area (Å²) >= 11 is 1.75. The highest BCUT2D eigenvalue weighted by atomic mass is 32.1. The fraction of sp³-hybridized carbons (Fsp3) is 0.500. The maximum atomic E-state index is 5.82. The quantitative estimate of drug-likeness (QED) is 0.879. The molecule has 2 aromatic heterocycles. The highest BCUT2D eigenvalue weighted by molar-refractivity contribution is 7.09. The van der Waals surface area contributed by atoms with Gasteiger partial charge in [0.25, 0.3) is 0 Å². The van der Waals surface area contributed by atoms with Gasteiger partial charge in [-0.15, -0.1) is 11.3 Å². The van der Waals surface area contributed by atoms with Crippen molar-refractivity contribution in [1.29, 1.82) is 0 Å². The summed E-state index contributed by atoms with van der Waals surface area (Å²) in [5.41, 5.74) is -0.0999. The number of nitrogens with one attached hydrogen (secondary N) is 1. The van der Waals surface area contributed by atoms with Gasteiger partial charge >= 0.3 is 0 Å². The summed E-state index contributed by atoms with van der Waals surface area (Å²) in [6.45, 7) is 9.83. The summed E-state index contributed by atoms with van der Waals surface area (Å²) in [5, 5.41) is 5.32. The third kappa shape index (κ3) is 4.70. The fourth-order valence-corrected chi connectivity index (χ4v) is 2.51.